The predicted molar refractivity (Wildman–Crippen MR) is 66.7 cm³/mol. The van der Waals surface area contributed by atoms with Crippen LogP contribution in [-0.2, 0) is 9.47 Å². The summed E-state index contributed by atoms with van der Waals surface area (Å²) >= 11 is 0. The number of rotatable bonds is 7. The van der Waals surface area contributed by atoms with Crippen LogP contribution in [0.3, 0.4) is 0 Å². The SMILES string of the molecule is COC1CCN(CCOCCC(C)C)CC1. The van der Waals surface area contributed by atoms with E-state index in [0.29, 0.717) is 6.10 Å². The highest BCUT2D eigenvalue weighted by Crippen LogP contribution is 2.12. The lowest BCUT2D eigenvalue weighted by molar-refractivity contribution is 0.0277. The van der Waals surface area contributed by atoms with E-state index in [0.717, 1.165) is 38.8 Å². The van der Waals surface area contributed by atoms with Crippen LogP contribution in [-0.4, -0.2) is 51.0 Å². The summed E-state index contributed by atoms with van der Waals surface area (Å²) < 4.78 is 11.0. The third-order valence-electron chi connectivity index (χ3n) is 3.26. The first kappa shape index (κ1) is 13.9. The fourth-order valence-corrected chi connectivity index (χ4v) is 1.98. The summed E-state index contributed by atoms with van der Waals surface area (Å²) in [6, 6.07) is 0. The second-order valence-corrected chi connectivity index (χ2v) is 5.07. The van der Waals surface area contributed by atoms with E-state index in [2.05, 4.69) is 18.7 Å². The molecule has 0 aromatic carbocycles. The number of piperidine rings is 1. The highest BCUT2D eigenvalue weighted by Gasteiger charge is 2.17. The van der Waals surface area contributed by atoms with Gasteiger partial charge in [-0.3, -0.25) is 0 Å². The molecule has 3 nitrogen and oxygen atoms in total. The first-order valence-electron chi connectivity index (χ1n) is 6.55. The van der Waals surface area contributed by atoms with E-state index in [4.69, 9.17) is 9.47 Å². The first-order chi connectivity index (χ1) is 7.72. The molecule has 0 atom stereocenters. The van der Waals surface area contributed by atoms with Gasteiger partial charge in [0.05, 0.1) is 12.7 Å². The molecule has 1 rings (SSSR count). The molecule has 0 saturated carbocycles. The molecule has 1 aliphatic rings. The molecule has 3 heteroatoms. The largest absolute Gasteiger partial charge is 0.381 e. The molecule has 0 spiro atoms. The van der Waals surface area contributed by atoms with Gasteiger partial charge in [-0.2, -0.15) is 0 Å². The monoisotopic (exact) mass is 229 g/mol. The Balaban J connectivity index is 1.94. The van der Waals surface area contributed by atoms with Crippen LogP contribution in [0.15, 0.2) is 0 Å². The van der Waals surface area contributed by atoms with Gasteiger partial charge < -0.3 is 14.4 Å². The molecule has 96 valence electrons. The van der Waals surface area contributed by atoms with Crippen LogP contribution in [0.25, 0.3) is 0 Å². The van der Waals surface area contributed by atoms with Crippen molar-refractivity contribution in [3.63, 3.8) is 0 Å². The number of methoxy groups -OCH3 is 1. The molecule has 1 saturated heterocycles. The number of ether oxygens (including phenoxy) is 2. The minimum atomic E-state index is 0.484. The van der Waals surface area contributed by atoms with Gasteiger partial charge in [0.15, 0.2) is 0 Å². The molecule has 16 heavy (non-hydrogen) atoms. The molecule has 0 aromatic heterocycles. The van der Waals surface area contributed by atoms with Crippen molar-refractivity contribution in [1.82, 2.24) is 4.90 Å². The van der Waals surface area contributed by atoms with E-state index >= 15 is 0 Å². The van der Waals surface area contributed by atoms with Crippen molar-refractivity contribution in [2.45, 2.75) is 39.2 Å². The molecule has 0 bridgehead atoms. The summed E-state index contributed by atoms with van der Waals surface area (Å²) in [6.45, 7) is 9.65. The summed E-state index contributed by atoms with van der Waals surface area (Å²) in [5.74, 6) is 0.748. The maximum Gasteiger partial charge on any atom is 0.0595 e. The zero-order chi connectivity index (χ0) is 11.8. The van der Waals surface area contributed by atoms with Crippen LogP contribution in [0.5, 0.6) is 0 Å². The van der Waals surface area contributed by atoms with Gasteiger partial charge in [0, 0.05) is 33.4 Å². The summed E-state index contributed by atoms with van der Waals surface area (Å²) in [5.41, 5.74) is 0. The van der Waals surface area contributed by atoms with E-state index < -0.39 is 0 Å². The lowest BCUT2D eigenvalue weighted by Gasteiger charge is -2.30. The molecule has 0 N–H and O–H groups in total. The van der Waals surface area contributed by atoms with Gasteiger partial charge in [-0.1, -0.05) is 13.8 Å². The van der Waals surface area contributed by atoms with Crippen LogP contribution < -0.4 is 0 Å². The lowest BCUT2D eigenvalue weighted by Crippen LogP contribution is -2.38. The van der Waals surface area contributed by atoms with Crippen LogP contribution >= 0.6 is 0 Å². The topological polar surface area (TPSA) is 21.7 Å². The lowest BCUT2D eigenvalue weighted by atomic mass is 10.1. The van der Waals surface area contributed by atoms with Crippen LogP contribution in [0.4, 0.5) is 0 Å². The second-order valence-electron chi connectivity index (χ2n) is 5.07. The summed E-state index contributed by atoms with van der Waals surface area (Å²) in [4.78, 5) is 2.48. The summed E-state index contributed by atoms with van der Waals surface area (Å²) in [7, 11) is 1.81. The molecule has 0 aliphatic carbocycles. The van der Waals surface area contributed by atoms with Gasteiger partial charge >= 0.3 is 0 Å². The Morgan fingerprint density at radius 1 is 1.19 bits per heavy atom. The van der Waals surface area contributed by atoms with Crippen LogP contribution in [0.1, 0.15) is 33.1 Å². The fourth-order valence-electron chi connectivity index (χ4n) is 1.98. The van der Waals surface area contributed by atoms with Gasteiger partial charge in [-0.15, -0.1) is 0 Å². The third-order valence-corrected chi connectivity index (χ3v) is 3.26. The highest BCUT2D eigenvalue weighted by atomic mass is 16.5. The number of hydrogen-bond acceptors (Lipinski definition) is 3. The zero-order valence-corrected chi connectivity index (χ0v) is 11.1. The quantitative estimate of drug-likeness (QED) is 0.624. The van der Waals surface area contributed by atoms with Gasteiger partial charge in [-0.05, 0) is 25.2 Å². The van der Waals surface area contributed by atoms with Crippen LogP contribution in [0.2, 0.25) is 0 Å². The number of nitrogens with zero attached hydrogens (tertiary/aromatic N) is 1. The van der Waals surface area contributed by atoms with Gasteiger partial charge in [-0.25, -0.2) is 0 Å². The van der Waals surface area contributed by atoms with Crippen molar-refractivity contribution in [3.05, 3.63) is 0 Å². The smallest absolute Gasteiger partial charge is 0.0595 e. The Labute approximate surface area is 100 Å². The summed E-state index contributed by atoms with van der Waals surface area (Å²) in [5, 5.41) is 0. The molecule has 1 fully saturated rings. The molecule has 1 heterocycles. The van der Waals surface area contributed by atoms with Crippen molar-refractivity contribution in [2.24, 2.45) is 5.92 Å². The Bertz CT molecular complexity index is 165. The molecule has 0 radical (unpaired) electrons. The van der Waals surface area contributed by atoms with E-state index in [1.165, 1.54) is 19.3 Å². The summed E-state index contributed by atoms with van der Waals surface area (Å²) in [6.07, 6.45) is 4.00. The van der Waals surface area contributed by atoms with Crippen molar-refractivity contribution < 1.29 is 9.47 Å². The second kappa shape index (κ2) is 8.04. The molecule has 0 aromatic rings. The van der Waals surface area contributed by atoms with Gasteiger partial charge in [0.2, 0.25) is 0 Å². The normalized spacial score (nSPS) is 19.5. The molecule has 0 amide bonds. The van der Waals surface area contributed by atoms with E-state index in [9.17, 15) is 0 Å². The fraction of sp³-hybridized carbons (Fsp3) is 1.00. The molecular formula is C13H27NO2. The Hall–Kier alpha value is -0.120. The minimum absolute atomic E-state index is 0.484. The standard InChI is InChI=1S/C13H27NO2/c1-12(2)6-10-16-11-9-14-7-4-13(15-3)5-8-14/h12-13H,4-11H2,1-3H3. The molecular weight excluding hydrogens is 202 g/mol. The molecule has 1 aliphatic heterocycles. The van der Waals surface area contributed by atoms with Gasteiger partial charge in [0.1, 0.15) is 0 Å². The Morgan fingerprint density at radius 3 is 2.44 bits per heavy atom. The van der Waals surface area contributed by atoms with Crippen molar-refractivity contribution in [2.75, 3.05) is 40.0 Å². The van der Waals surface area contributed by atoms with Gasteiger partial charge in [0.25, 0.3) is 0 Å². The van der Waals surface area contributed by atoms with E-state index in [1.807, 2.05) is 7.11 Å². The predicted octanol–water partition coefficient (Wildman–Crippen LogP) is 2.16. The Kier molecular flexibility index (Phi) is 7.01. The van der Waals surface area contributed by atoms with E-state index in [1.54, 1.807) is 0 Å². The van der Waals surface area contributed by atoms with Crippen molar-refractivity contribution in [3.8, 4) is 0 Å². The van der Waals surface area contributed by atoms with E-state index in [-0.39, 0.29) is 0 Å². The minimum Gasteiger partial charge on any atom is -0.381 e. The van der Waals surface area contributed by atoms with Crippen molar-refractivity contribution >= 4 is 0 Å². The maximum absolute atomic E-state index is 5.63. The average Bonchev–Trinajstić information content (AvgIpc) is 2.29. The maximum atomic E-state index is 5.63. The molecule has 0 unspecified atom stereocenters. The third kappa shape index (κ3) is 5.83. The number of likely N-dealkylation sites (tertiary alicyclic amines) is 1. The zero-order valence-electron chi connectivity index (χ0n) is 11.1. The highest BCUT2D eigenvalue weighted by molar-refractivity contribution is 4.71. The first-order valence-corrected chi connectivity index (χ1v) is 6.55. The Morgan fingerprint density at radius 2 is 1.88 bits per heavy atom. The number of hydrogen-bond donors (Lipinski definition) is 0. The van der Waals surface area contributed by atoms with Crippen LogP contribution in [0, 0.1) is 5.92 Å². The van der Waals surface area contributed by atoms with Crippen molar-refractivity contribution in [1.29, 1.82) is 0 Å². The average molecular weight is 229 g/mol.